The van der Waals surface area contributed by atoms with Gasteiger partial charge in [0.2, 0.25) is 5.95 Å². The minimum Gasteiger partial charge on any atom is -0.493 e. The molecule has 4 aromatic rings. The molecule has 0 amide bonds. The lowest BCUT2D eigenvalue weighted by molar-refractivity contribution is 0.356. The summed E-state index contributed by atoms with van der Waals surface area (Å²) in [5.74, 6) is 0.946. The van der Waals surface area contributed by atoms with Crippen molar-refractivity contribution < 1.29 is 9.13 Å². The van der Waals surface area contributed by atoms with Crippen LogP contribution in [0, 0.1) is 17.1 Å². The van der Waals surface area contributed by atoms with E-state index in [1.54, 1.807) is 22.9 Å². The van der Waals surface area contributed by atoms with Crippen molar-refractivity contribution in [2.24, 2.45) is 0 Å². The summed E-state index contributed by atoms with van der Waals surface area (Å²) in [5.41, 5.74) is 4.14. The topological polar surface area (TPSA) is 75.2 Å². The minimum absolute atomic E-state index is 0.255. The van der Waals surface area contributed by atoms with E-state index in [1.807, 2.05) is 30.3 Å². The molecule has 2 aromatic carbocycles. The fourth-order valence-electron chi connectivity index (χ4n) is 3.66. The van der Waals surface area contributed by atoms with Crippen LogP contribution in [0.3, 0.4) is 0 Å². The molecule has 0 saturated carbocycles. The largest absolute Gasteiger partial charge is 0.493 e. The Morgan fingerprint density at radius 1 is 1.21 bits per heavy atom. The van der Waals surface area contributed by atoms with Gasteiger partial charge in [0.25, 0.3) is 0 Å². The number of benzene rings is 2. The van der Waals surface area contributed by atoms with E-state index in [-0.39, 0.29) is 12.4 Å². The predicted molar refractivity (Wildman–Crippen MR) is 106 cm³/mol. The van der Waals surface area contributed by atoms with Crippen molar-refractivity contribution >= 4 is 11.6 Å². The first-order valence-electron chi connectivity index (χ1n) is 9.25. The molecule has 3 heterocycles. The van der Waals surface area contributed by atoms with Gasteiger partial charge in [-0.05, 0) is 17.7 Å². The van der Waals surface area contributed by atoms with Crippen LogP contribution in [0.4, 0.5) is 10.3 Å². The number of halogens is 1. The molecule has 5 rings (SSSR count). The van der Waals surface area contributed by atoms with Gasteiger partial charge in [0.05, 0.1) is 12.8 Å². The Morgan fingerprint density at radius 2 is 2.07 bits per heavy atom. The van der Waals surface area contributed by atoms with Crippen LogP contribution in [0.15, 0.2) is 54.9 Å². The van der Waals surface area contributed by atoms with E-state index in [2.05, 4.69) is 21.4 Å². The summed E-state index contributed by atoms with van der Waals surface area (Å²) in [5, 5.41) is 12.5. The number of aromatic nitrogens is 3. The molecule has 6 nitrogen and oxygen atoms in total. The zero-order valence-electron chi connectivity index (χ0n) is 15.4. The zero-order valence-corrected chi connectivity index (χ0v) is 15.4. The van der Waals surface area contributed by atoms with Gasteiger partial charge in [-0.3, -0.25) is 4.40 Å². The van der Waals surface area contributed by atoms with Crippen molar-refractivity contribution in [3.8, 4) is 22.9 Å². The van der Waals surface area contributed by atoms with Gasteiger partial charge in [0.15, 0.2) is 11.3 Å². The van der Waals surface area contributed by atoms with E-state index in [9.17, 15) is 9.65 Å². The van der Waals surface area contributed by atoms with Crippen LogP contribution in [0.25, 0.3) is 16.8 Å². The Labute approximate surface area is 166 Å². The highest BCUT2D eigenvalue weighted by Crippen LogP contribution is 2.31. The Kier molecular flexibility index (Phi) is 4.10. The highest BCUT2D eigenvalue weighted by molar-refractivity contribution is 5.78. The molecule has 2 aromatic heterocycles. The van der Waals surface area contributed by atoms with Crippen LogP contribution in [-0.4, -0.2) is 21.0 Å². The molecule has 0 radical (unpaired) electrons. The normalized spacial score (nSPS) is 12.4. The van der Waals surface area contributed by atoms with Gasteiger partial charge in [-0.1, -0.05) is 30.3 Å². The Morgan fingerprint density at radius 3 is 2.90 bits per heavy atom. The molecule has 0 spiro atoms. The van der Waals surface area contributed by atoms with E-state index < -0.39 is 0 Å². The first kappa shape index (κ1) is 17.2. The fraction of sp³-hybridized carbons (Fsp3) is 0.136. The molecule has 0 aliphatic carbocycles. The molecule has 1 aliphatic rings. The third kappa shape index (κ3) is 2.95. The molecule has 0 fully saturated rings. The van der Waals surface area contributed by atoms with Crippen LogP contribution < -0.4 is 10.1 Å². The van der Waals surface area contributed by atoms with Gasteiger partial charge in [-0.15, -0.1) is 0 Å². The van der Waals surface area contributed by atoms with Crippen molar-refractivity contribution in [3.63, 3.8) is 0 Å². The second kappa shape index (κ2) is 6.91. The SMILES string of the molecule is N#Cc1cn2c(NCc3c(F)ccc4c3CCO4)ncc(-c3ccccc3)c2n1. The Bertz CT molecular complexity index is 1260. The van der Waals surface area contributed by atoms with Gasteiger partial charge >= 0.3 is 0 Å². The van der Waals surface area contributed by atoms with Crippen molar-refractivity contribution in [1.29, 1.82) is 5.26 Å². The molecule has 0 bridgehead atoms. The molecule has 1 N–H and O–H groups in total. The van der Waals surface area contributed by atoms with E-state index in [4.69, 9.17) is 4.74 Å². The van der Waals surface area contributed by atoms with E-state index in [0.29, 0.717) is 35.9 Å². The minimum atomic E-state index is -0.276. The molecule has 29 heavy (non-hydrogen) atoms. The summed E-state index contributed by atoms with van der Waals surface area (Å²) in [6.45, 7) is 0.818. The van der Waals surface area contributed by atoms with Crippen molar-refractivity contribution in [2.45, 2.75) is 13.0 Å². The number of ether oxygens (including phenoxy) is 1. The highest BCUT2D eigenvalue weighted by Gasteiger charge is 2.20. The molecule has 142 valence electrons. The average molecular weight is 385 g/mol. The van der Waals surface area contributed by atoms with Crippen molar-refractivity contribution in [1.82, 2.24) is 14.4 Å². The van der Waals surface area contributed by atoms with Gasteiger partial charge in [0.1, 0.15) is 17.6 Å². The summed E-state index contributed by atoms with van der Waals surface area (Å²) in [7, 11) is 0. The number of nitriles is 1. The Hall–Kier alpha value is -3.92. The van der Waals surface area contributed by atoms with E-state index in [1.165, 1.54) is 6.07 Å². The molecular formula is C22H16FN5O. The Balaban J connectivity index is 1.55. The number of hydrogen-bond donors (Lipinski definition) is 1. The summed E-state index contributed by atoms with van der Waals surface area (Å²) in [6, 6.07) is 14.9. The number of imidazole rings is 1. The summed E-state index contributed by atoms with van der Waals surface area (Å²) >= 11 is 0. The maximum absolute atomic E-state index is 14.4. The number of fused-ring (bicyclic) bond motifs is 2. The summed E-state index contributed by atoms with van der Waals surface area (Å²) in [4.78, 5) is 8.94. The first-order chi connectivity index (χ1) is 14.2. The number of rotatable bonds is 4. The van der Waals surface area contributed by atoms with Crippen LogP contribution in [-0.2, 0) is 13.0 Å². The average Bonchev–Trinajstić information content (AvgIpc) is 3.40. The third-order valence-electron chi connectivity index (χ3n) is 5.05. The van der Waals surface area contributed by atoms with E-state index in [0.717, 1.165) is 22.4 Å². The molecule has 1 aliphatic heterocycles. The van der Waals surface area contributed by atoms with Crippen LogP contribution in [0.1, 0.15) is 16.8 Å². The lowest BCUT2D eigenvalue weighted by Gasteiger charge is -2.13. The predicted octanol–water partition coefficient (Wildman–Crippen LogP) is 3.95. The third-order valence-corrected chi connectivity index (χ3v) is 5.05. The first-order valence-corrected chi connectivity index (χ1v) is 9.25. The molecule has 0 atom stereocenters. The van der Waals surface area contributed by atoms with Crippen LogP contribution >= 0.6 is 0 Å². The zero-order chi connectivity index (χ0) is 19.8. The highest BCUT2D eigenvalue weighted by atomic mass is 19.1. The maximum atomic E-state index is 14.4. The smallest absolute Gasteiger partial charge is 0.208 e. The number of nitrogens with one attached hydrogen (secondary N) is 1. The standard InChI is InChI=1S/C22H16FN5O/c23-19-6-7-20-16(8-9-29-20)18(19)12-26-22-25-11-17(14-4-2-1-3-5-14)21-27-15(10-24)13-28(21)22/h1-7,11,13H,8-9,12H2,(H,25,26). The lowest BCUT2D eigenvalue weighted by atomic mass is 10.0. The van der Waals surface area contributed by atoms with Gasteiger partial charge in [-0.2, -0.15) is 5.26 Å². The summed E-state index contributed by atoms with van der Waals surface area (Å²) < 4.78 is 21.7. The number of hydrogen-bond acceptors (Lipinski definition) is 5. The monoisotopic (exact) mass is 385 g/mol. The molecular weight excluding hydrogens is 369 g/mol. The van der Waals surface area contributed by atoms with Crippen molar-refractivity contribution in [3.05, 3.63) is 77.5 Å². The quantitative estimate of drug-likeness (QED) is 0.576. The van der Waals surface area contributed by atoms with Gasteiger partial charge < -0.3 is 10.1 Å². The van der Waals surface area contributed by atoms with Crippen LogP contribution in [0.5, 0.6) is 5.75 Å². The van der Waals surface area contributed by atoms with Gasteiger partial charge in [0, 0.05) is 35.9 Å². The number of anilines is 1. The second-order valence-electron chi connectivity index (χ2n) is 6.75. The summed E-state index contributed by atoms with van der Waals surface area (Å²) in [6.07, 6.45) is 4.03. The van der Waals surface area contributed by atoms with Crippen LogP contribution in [0.2, 0.25) is 0 Å². The maximum Gasteiger partial charge on any atom is 0.208 e. The van der Waals surface area contributed by atoms with Crippen molar-refractivity contribution in [2.75, 3.05) is 11.9 Å². The fourth-order valence-corrected chi connectivity index (χ4v) is 3.66. The number of nitrogens with zero attached hydrogens (tertiary/aromatic N) is 4. The molecule has 0 saturated heterocycles. The van der Waals surface area contributed by atoms with E-state index >= 15 is 0 Å². The molecule has 7 heteroatoms. The molecule has 0 unspecified atom stereocenters. The second-order valence-corrected chi connectivity index (χ2v) is 6.75. The van der Waals surface area contributed by atoms with Gasteiger partial charge in [-0.25, -0.2) is 14.4 Å². The lowest BCUT2D eigenvalue weighted by Crippen LogP contribution is -2.09.